The van der Waals surface area contributed by atoms with Crippen LogP contribution in [-0.4, -0.2) is 24.8 Å². The van der Waals surface area contributed by atoms with Crippen LogP contribution >= 0.6 is 0 Å². The molecule has 2 rings (SSSR count). The van der Waals surface area contributed by atoms with Crippen LogP contribution in [0.15, 0.2) is 14.7 Å². The number of nitrogens with zero attached hydrogens (tertiary/aromatic N) is 4. The van der Waals surface area contributed by atoms with Crippen LogP contribution < -0.4 is 16.7 Å². The van der Waals surface area contributed by atoms with Crippen LogP contribution in [0.5, 0.6) is 0 Å². The van der Waals surface area contributed by atoms with Crippen LogP contribution in [0.2, 0.25) is 0 Å². The van der Waals surface area contributed by atoms with Crippen LogP contribution in [0.1, 0.15) is 65.7 Å². The highest BCUT2D eigenvalue weighted by Gasteiger charge is 2.16. The molecule has 26 heavy (non-hydrogen) atoms. The number of nitrogens with one attached hydrogen (secondary N) is 2. The Morgan fingerprint density at radius 1 is 1.15 bits per heavy atom. The third kappa shape index (κ3) is 4.62. The number of hydrogen-bond acceptors (Lipinski definition) is 5. The van der Waals surface area contributed by atoms with Gasteiger partial charge in [-0.15, -0.1) is 0 Å². The van der Waals surface area contributed by atoms with Gasteiger partial charge in [-0.3, -0.25) is 14.3 Å². The summed E-state index contributed by atoms with van der Waals surface area (Å²) in [5.41, 5.74) is 3.80. The summed E-state index contributed by atoms with van der Waals surface area (Å²) in [5, 5.41) is 4.30. The van der Waals surface area contributed by atoms with Crippen molar-refractivity contribution in [1.82, 2.24) is 19.1 Å². The summed E-state index contributed by atoms with van der Waals surface area (Å²) in [6.07, 6.45) is 7.77. The average Bonchev–Trinajstić information content (AvgIpc) is 2.99. The van der Waals surface area contributed by atoms with Gasteiger partial charge in [0.2, 0.25) is 5.95 Å². The van der Waals surface area contributed by atoms with Crippen molar-refractivity contribution in [2.45, 2.75) is 72.3 Å². The van der Waals surface area contributed by atoms with Gasteiger partial charge in [-0.1, -0.05) is 46.0 Å². The first-order chi connectivity index (χ1) is 12.5. The summed E-state index contributed by atoms with van der Waals surface area (Å²) in [4.78, 5) is 31.0. The third-order valence-corrected chi connectivity index (χ3v) is 4.60. The van der Waals surface area contributed by atoms with E-state index in [1.54, 1.807) is 7.05 Å². The molecule has 2 N–H and O–H groups in total. The van der Waals surface area contributed by atoms with Gasteiger partial charge in [0.1, 0.15) is 0 Å². The predicted molar refractivity (Wildman–Crippen MR) is 106 cm³/mol. The number of aryl methyl sites for hydroxylation is 2. The Labute approximate surface area is 153 Å². The van der Waals surface area contributed by atoms with Crippen molar-refractivity contribution in [2.24, 2.45) is 12.1 Å². The molecule has 0 unspecified atom stereocenters. The van der Waals surface area contributed by atoms with Crippen molar-refractivity contribution in [3.05, 3.63) is 20.8 Å². The molecule has 0 aliphatic rings. The standard InChI is InChI=1S/C18H30N6O2/c1-5-7-8-9-10-11-12-24-14-15(23(4)18(26)20-16(14)25)19-17(24)22-21-13(3)6-2/h5-12H2,1-4H3,(H,19,22)(H,20,25,26)/b21-13+. The Kier molecular flexibility index (Phi) is 7.17. The number of anilines is 1. The Bertz CT molecular complexity index is 874. The average molecular weight is 362 g/mol. The molecule has 0 amide bonds. The lowest BCUT2D eigenvalue weighted by Gasteiger charge is -2.08. The first kappa shape index (κ1) is 19.9. The minimum atomic E-state index is -0.466. The van der Waals surface area contributed by atoms with Crippen LogP contribution in [0.3, 0.4) is 0 Å². The van der Waals surface area contributed by atoms with Crippen molar-refractivity contribution in [3.63, 3.8) is 0 Å². The fourth-order valence-corrected chi connectivity index (χ4v) is 2.81. The smallest absolute Gasteiger partial charge is 0.303 e. The van der Waals surface area contributed by atoms with Gasteiger partial charge in [0, 0.05) is 19.3 Å². The zero-order chi connectivity index (χ0) is 19.1. The lowest BCUT2D eigenvalue weighted by molar-refractivity contribution is 0.565. The summed E-state index contributed by atoms with van der Waals surface area (Å²) >= 11 is 0. The van der Waals surface area contributed by atoms with E-state index in [1.165, 1.54) is 30.3 Å². The van der Waals surface area contributed by atoms with Gasteiger partial charge in [0.25, 0.3) is 5.56 Å². The van der Waals surface area contributed by atoms with Gasteiger partial charge in [-0.2, -0.15) is 10.1 Å². The number of hydrazone groups is 1. The van der Waals surface area contributed by atoms with E-state index in [0.29, 0.717) is 23.7 Å². The lowest BCUT2D eigenvalue weighted by Crippen LogP contribution is -2.29. The molecule has 2 aromatic rings. The number of aromatic amines is 1. The molecular weight excluding hydrogens is 332 g/mol. The summed E-state index contributed by atoms with van der Waals surface area (Å²) in [6, 6.07) is 0. The predicted octanol–water partition coefficient (Wildman–Crippen LogP) is 2.98. The zero-order valence-electron chi connectivity index (χ0n) is 16.3. The van der Waals surface area contributed by atoms with E-state index in [0.717, 1.165) is 25.0 Å². The maximum absolute atomic E-state index is 12.4. The summed E-state index contributed by atoms with van der Waals surface area (Å²) in [7, 11) is 1.60. The van der Waals surface area contributed by atoms with Crippen LogP contribution in [0.25, 0.3) is 11.2 Å². The molecule has 8 heteroatoms. The lowest BCUT2D eigenvalue weighted by atomic mass is 10.1. The number of aromatic nitrogens is 4. The number of unbranched alkanes of at least 4 members (excludes halogenated alkanes) is 5. The molecular formula is C18H30N6O2. The summed E-state index contributed by atoms with van der Waals surface area (Å²) in [6.45, 7) is 6.81. The Morgan fingerprint density at radius 2 is 1.85 bits per heavy atom. The molecule has 0 aliphatic heterocycles. The van der Waals surface area contributed by atoms with Gasteiger partial charge in [-0.05, 0) is 19.8 Å². The quantitative estimate of drug-likeness (QED) is 0.386. The molecule has 0 radical (unpaired) electrons. The van der Waals surface area contributed by atoms with Gasteiger partial charge in [0.15, 0.2) is 11.2 Å². The highest BCUT2D eigenvalue weighted by molar-refractivity contribution is 5.82. The highest BCUT2D eigenvalue weighted by atomic mass is 16.2. The maximum Gasteiger partial charge on any atom is 0.329 e. The van der Waals surface area contributed by atoms with E-state index in [9.17, 15) is 9.59 Å². The third-order valence-electron chi connectivity index (χ3n) is 4.60. The molecule has 8 nitrogen and oxygen atoms in total. The molecule has 0 aromatic carbocycles. The molecule has 0 bridgehead atoms. The monoisotopic (exact) mass is 362 g/mol. The van der Waals surface area contributed by atoms with Gasteiger partial charge >= 0.3 is 5.69 Å². The first-order valence-electron chi connectivity index (χ1n) is 9.48. The molecule has 0 fully saturated rings. The van der Waals surface area contributed by atoms with Crippen molar-refractivity contribution >= 4 is 22.8 Å². The van der Waals surface area contributed by atoms with E-state index in [2.05, 4.69) is 27.4 Å². The van der Waals surface area contributed by atoms with Crippen molar-refractivity contribution < 1.29 is 0 Å². The molecule has 0 saturated heterocycles. The Morgan fingerprint density at radius 3 is 2.54 bits per heavy atom. The molecule has 0 atom stereocenters. The van der Waals surface area contributed by atoms with Crippen molar-refractivity contribution in [3.8, 4) is 0 Å². The molecule has 2 aromatic heterocycles. The number of fused-ring (bicyclic) bond motifs is 1. The van der Waals surface area contributed by atoms with Gasteiger partial charge < -0.3 is 4.57 Å². The first-order valence-corrected chi connectivity index (χ1v) is 9.48. The minimum Gasteiger partial charge on any atom is -0.303 e. The summed E-state index contributed by atoms with van der Waals surface area (Å²) < 4.78 is 3.19. The number of imidazole rings is 1. The van der Waals surface area contributed by atoms with E-state index >= 15 is 0 Å². The second kappa shape index (κ2) is 9.35. The number of rotatable bonds is 10. The minimum absolute atomic E-state index is 0.372. The summed E-state index contributed by atoms with van der Waals surface area (Å²) in [5.74, 6) is 0.494. The second-order valence-electron chi connectivity index (χ2n) is 6.66. The van der Waals surface area contributed by atoms with Crippen LogP contribution in [0, 0.1) is 0 Å². The number of hydrogen-bond donors (Lipinski definition) is 2. The molecule has 144 valence electrons. The normalized spacial score (nSPS) is 12.1. The topological polar surface area (TPSA) is 97.1 Å². The van der Waals surface area contributed by atoms with E-state index in [4.69, 9.17) is 0 Å². The zero-order valence-corrected chi connectivity index (χ0v) is 16.3. The molecule has 2 heterocycles. The van der Waals surface area contributed by atoms with Crippen LogP contribution in [-0.2, 0) is 13.6 Å². The number of H-pyrrole nitrogens is 1. The van der Waals surface area contributed by atoms with Gasteiger partial charge in [0.05, 0.1) is 0 Å². The Balaban J connectivity index is 2.32. The molecule has 0 saturated carbocycles. The van der Waals surface area contributed by atoms with Gasteiger partial charge in [-0.25, -0.2) is 10.2 Å². The van der Waals surface area contributed by atoms with E-state index in [1.807, 2.05) is 18.4 Å². The Hall–Kier alpha value is -2.38. The highest BCUT2D eigenvalue weighted by Crippen LogP contribution is 2.17. The van der Waals surface area contributed by atoms with Crippen molar-refractivity contribution in [2.75, 3.05) is 5.43 Å². The second-order valence-corrected chi connectivity index (χ2v) is 6.66. The van der Waals surface area contributed by atoms with E-state index in [-0.39, 0.29) is 0 Å². The fourth-order valence-electron chi connectivity index (χ4n) is 2.81. The van der Waals surface area contributed by atoms with E-state index < -0.39 is 11.2 Å². The maximum atomic E-state index is 12.4. The van der Waals surface area contributed by atoms with Crippen LogP contribution in [0.4, 0.5) is 5.95 Å². The van der Waals surface area contributed by atoms with Crippen molar-refractivity contribution in [1.29, 1.82) is 0 Å². The fraction of sp³-hybridized carbons (Fsp3) is 0.667. The molecule has 0 spiro atoms. The molecule has 0 aliphatic carbocycles. The largest absolute Gasteiger partial charge is 0.329 e. The SMILES string of the molecule is CCCCCCCCn1c(N/N=C(\C)CC)nc2c1c(=O)[nH]c(=O)n2C.